The summed E-state index contributed by atoms with van der Waals surface area (Å²) in [6.45, 7) is 2.28. The minimum Gasteiger partial charge on any atom is -0.480 e. The van der Waals surface area contributed by atoms with Crippen LogP contribution in [0.2, 0.25) is 5.02 Å². The van der Waals surface area contributed by atoms with Gasteiger partial charge in [-0.25, -0.2) is 0 Å². The summed E-state index contributed by atoms with van der Waals surface area (Å²) in [5.41, 5.74) is -2.32. The molecule has 0 unspecified atom stereocenters. The maximum Gasteiger partial charge on any atom is 0.328 e. The molecule has 1 N–H and O–H groups in total. The van der Waals surface area contributed by atoms with Gasteiger partial charge >= 0.3 is 17.6 Å². The zero-order valence-electron chi connectivity index (χ0n) is 10.0. The van der Waals surface area contributed by atoms with Gasteiger partial charge in [0.25, 0.3) is 0 Å². The molecule has 0 heterocycles. The van der Waals surface area contributed by atoms with Crippen molar-refractivity contribution in [3.05, 3.63) is 33.3 Å². The van der Waals surface area contributed by atoms with Gasteiger partial charge in [-0.1, -0.05) is 11.6 Å². The maximum atomic E-state index is 11.7. The number of carboxylic acid groups (broad SMARTS) is 1. The minimum atomic E-state index is -1.81. The second-order valence-corrected chi connectivity index (χ2v) is 4.63. The van der Waals surface area contributed by atoms with Crippen LogP contribution in [-0.4, -0.2) is 22.0 Å². The summed E-state index contributed by atoms with van der Waals surface area (Å²) < 4.78 is 4.77. The lowest BCUT2D eigenvalue weighted by atomic mass is 9.94. The highest BCUT2D eigenvalue weighted by Gasteiger charge is 2.39. The topological polar surface area (TPSA) is 107 Å². The van der Waals surface area contributed by atoms with E-state index in [1.807, 2.05) is 0 Å². The summed E-state index contributed by atoms with van der Waals surface area (Å²) in [4.78, 5) is 32.5. The van der Waals surface area contributed by atoms with Crippen molar-refractivity contribution in [3.8, 4) is 5.75 Å². The number of ether oxygens (including phenoxy) is 1. The number of aliphatic carboxylic acids is 1. The SMILES string of the molecule is CC(C)(C(=O)O)C(=O)Oc1ccc(Cl)cc1[N+](=O)[O-]. The van der Waals surface area contributed by atoms with E-state index in [4.69, 9.17) is 21.4 Å². The molecule has 8 heteroatoms. The van der Waals surface area contributed by atoms with Gasteiger partial charge in [0.15, 0.2) is 5.41 Å². The molecule has 102 valence electrons. The lowest BCUT2D eigenvalue weighted by molar-refractivity contribution is -0.385. The Morgan fingerprint density at radius 2 is 2.00 bits per heavy atom. The van der Waals surface area contributed by atoms with E-state index in [1.54, 1.807) is 0 Å². The first-order chi connectivity index (χ1) is 8.66. The summed E-state index contributed by atoms with van der Waals surface area (Å²) in [5, 5.41) is 19.7. The van der Waals surface area contributed by atoms with Crippen LogP contribution < -0.4 is 4.74 Å². The lowest BCUT2D eigenvalue weighted by Gasteiger charge is -2.16. The molecule has 0 fully saturated rings. The molecular formula is C11H10ClNO6. The van der Waals surface area contributed by atoms with Crippen LogP contribution >= 0.6 is 11.6 Å². The van der Waals surface area contributed by atoms with E-state index < -0.39 is 28.0 Å². The number of benzene rings is 1. The second kappa shape index (κ2) is 5.23. The predicted octanol–water partition coefficient (Wildman–Crippen LogP) is 2.26. The van der Waals surface area contributed by atoms with Crippen molar-refractivity contribution in [1.29, 1.82) is 0 Å². The van der Waals surface area contributed by atoms with Crippen LogP contribution in [-0.2, 0) is 9.59 Å². The van der Waals surface area contributed by atoms with E-state index in [-0.39, 0.29) is 10.8 Å². The molecule has 0 bridgehead atoms. The van der Waals surface area contributed by atoms with Crippen molar-refractivity contribution in [3.63, 3.8) is 0 Å². The fourth-order valence-electron chi connectivity index (χ4n) is 1.03. The Bertz CT molecular complexity index is 554. The Labute approximate surface area is 112 Å². The number of carbonyl (C=O) groups is 2. The van der Waals surface area contributed by atoms with Gasteiger partial charge in [0.2, 0.25) is 5.75 Å². The van der Waals surface area contributed by atoms with E-state index in [0.717, 1.165) is 26.0 Å². The van der Waals surface area contributed by atoms with Crippen LogP contribution in [0, 0.1) is 15.5 Å². The number of rotatable bonds is 4. The van der Waals surface area contributed by atoms with Crippen LogP contribution in [0.3, 0.4) is 0 Å². The molecule has 0 atom stereocenters. The van der Waals surface area contributed by atoms with Crippen LogP contribution in [0.1, 0.15) is 13.8 Å². The Morgan fingerprint density at radius 3 is 2.47 bits per heavy atom. The number of nitrogens with zero attached hydrogens (tertiary/aromatic N) is 1. The molecular weight excluding hydrogens is 278 g/mol. The zero-order chi connectivity index (χ0) is 14.8. The Morgan fingerprint density at radius 1 is 1.42 bits per heavy atom. The Balaban J connectivity index is 3.10. The monoisotopic (exact) mass is 287 g/mol. The first-order valence-electron chi connectivity index (χ1n) is 5.06. The van der Waals surface area contributed by atoms with Gasteiger partial charge in [-0.2, -0.15) is 0 Å². The number of nitro groups is 1. The number of halogens is 1. The van der Waals surface area contributed by atoms with E-state index >= 15 is 0 Å². The minimum absolute atomic E-state index is 0.101. The van der Waals surface area contributed by atoms with E-state index in [2.05, 4.69) is 0 Å². The van der Waals surface area contributed by atoms with Crippen molar-refractivity contribution < 1.29 is 24.4 Å². The van der Waals surface area contributed by atoms with Gasteiger partial charge in [0.05, 0.1) is 4.92 Å². The molecule has 1 aromatic rings. The fraction of sp³-hybridized carbons (Fsp3) is 0.273. The van der Waals surface area contributed by atoms with Gasteiger partial charge < -0.3 is 9.84 Å². The van der Waals surface area contributed by atoms with Gasteiger partial charge in [-0.05, 0) is 26.0 Å². The quantitative estimate of drug-likeness (QED) is 0.299. The highest BCUT2D eigenvalue weighted by molar-refractivity contribution is 6.30. The van der Waals surface area contributed by atoms with Gasteiger partial charge in [-0.3, -0.25) is 19.7 Å². The number of carbonyl (C=O) groups excluding carboxylic acids is 1. The Kier molecular flexibility index (Phi) is 4.10. The molecule has 0 aromatic heterocycles. The molecule has 0 amide bonds. The van der Waals surface area contributed by atoms with Gasteiger partial charge in [0.1, 0.15) is 0 Å². The summed E-state index contributed by atoms with van der Waals surface area (Å²) >= 11 is 5.60. The second-order valence-electron chi connectivity index (χ2n) is 4.19. The molecule has 1 aromatic carbocycles. The fourth-order valence-corrected chi connectivity index (χ4v) is 1.20. The number of hydrogen-bond donors (Lipinski definition) is 1. The molecule has 0 aliphatic heterocycles. The van der Waals surface area contributed by atoms with Crippen molar-refractivity contribution in [2.45, 2.75) is 13.8 Å². The highest BCUT2D eigenvalue weighted by Crippen LogP contribution is 2.31. The summed E-state index contributed by atoms with van der Waals surface area (Å²) in [5.74, 6) is -2.85. The number of nitro benzene ring substituents is 1. The normalized spacial score (nSPS) is 10.9. The number of esters is 1. The van der Waals surface area contributed by atoms with Crippen LogP contribution in [0.4, 0.5) is 5.69 Å². The van der Waals surface area contributed by atoms with Gasteiger partial charge in [0, 0.05) is 11.1 Å². The van der Waals surface area contributed by atoms with Crippen molar-refractivity contribution in [2.75, 3.05) is 0 Å². The van der Waals surface area contributed by atoms with E-state index in [1.165, 1.54) is 6.07 Å². The highest BCUT2D eigenvalue weighted by atomic mass is 35.5. The molecule has 19 heavy (non-hydrogen) atoms. The first kappa shape index (κ1) is 14.9. The van der Waals surface area contributed by atoms with Crippen LogP contribution in [0.25, 0.3) is 0 Å². The Hall–Kier alpha value is -2.15. The molecule has 0 saturated heterocycles. The predicted molar refractivity (Wildman–Crippen MR) is 65.2 cm³/mol. The first-order valence-corrected chi connectivity index (χ1v) is 5.43. The van der Waals surface area contributed by atoms with E-state index in [0.29, 0.717) is 0 Å². The van der Waals surface area contributed by atoms with Gasteiger partial charge in [-0.15, -0.1) is 0 Å². The lowest BCUT2D eigenvalue weighted by Crippen LogP contribution is -2.36. The maximum absolute atomic E-state index is 11.7. The number of carboxylic acids is 1. The standard InChI is InChI=1S/C11H10ClNO6/c1-11(2,9(14)15)10(16)19-8-4-3-6(12)5-7(8)13(17)18/h3-5H,1-2H3,(H,14,15). The molecule has 1 rings (SSSR count). The third-order valence-corrected chi connectivity index (χ3v) is 2.60. The molecule has 0 spiro atoms. The van der Waals surface area contributed by atoms with Crippen LogP contribution in [0.5, 0.6) is 5.75 Å². The average Bonchev–Trinajstić information content (AvgIpc) is 2.30. The zero-order valence-corrected chi connectivity index (χ0v) is 10.8. The van der Waals surface area contributed by atoms with Crippen molar-refractivity contribution in [1.82, 2.24) is 0 Å². The van der Waals surface area contributed by atoms with Crippen molar-refractivity contribution in [2.24, 2.45) is 5.41 Å². The molecule has 7 nitrogen and oxygen atoms in total. The molecule has 0 aliphatic rings. The largest absolute Gasteiger partial charge is 0.480 e. The molecule has 0 saturated carbocycles. The van der Waals surface area contributed by atoms with E-state index in [9.17, 15) is 19.7 Å². The summed E-state index contributed by atoms with van der Waals surface area (Å²) in [6.07, 6.45) is 0. The third kappa shape index (κ3) is 3.19. The smallest absolute Gasteiger partial charge is 0.328 e. The molecule has 0 aliphatic carbocycles. The van der Waals surface area contributed by atoms with Crippen LogP contribution in [0.15, 0.2) is 18.2 Å². The third-order valence-electron chi connectivity index (χ3n) is 2.37. The summed E-state index contributed by atoms with van der Waals surface area (Å²) in [6, 6.07) is 3.44. The molecule has 0 radical (unpaired) electrons. The van der Waals surface area contributed by atoms with Crippen molar-refractivity contribution >= 4 is 29.2 Å². The number of hydrogen-bond acceptors (Lipinski definition) is 5. The average molecular weight is 288 g/mol. The summed E-state index contributed by atoms with van der Waals surface area (Å²) in [7, 11) is 0.